The number of anilines is 1. The van der Waals surface area contributed by atoms with Crippen molar-refractivity contribution in [3.63, 3.8) is 0 Å². The molecule has 2 heterocycles. The first-order valence-corrected chi connectivity index (χ1v) is 10.4. The van der Waals surface area contributed by atoms with Gasteiger partial charge in [0.05, 0.1) is 23.6 Å². The van der Waals surface area contributed by atoms with Crippen LogP contribution in [0.3, 0.4) is 0 Å². The first-order valence-electron chi connectivity index (χ1n) is 9.95. The number of ether oxygens (including phenoxy) is 1. The Kier molecular flexibility index (Phi) is 7.22. The summed E-state index contributed by atoms with van der Waals surface area (Å²) in [5.74, 6) is 0.538. The molecule has 0 unspecified atom stereocenters. The lowest BCUT2D eigenvalue weighted by Gasteiger charge is -2.25. The number of rotatable bonds is 5. The Morgan fingerprint density at radius 1 is 1.24 bits per heavy atom. The third kappa shape index (κ3) is 5.33. The minimum Gasteiger partial charge on any atom is -0.462 e. The molecule has 0 atom stereocenters. The van der Waals surface area contributed by atoms with Gasteiger partial charge in [-0.3, -0.25) is 4.90 Å². The topological polar surface area (TPSA) is 70.8 Å². The fourth-order valence-electron chi connectivity index (χ4n) is 3.46. The second kappa shape index (κ2) is 9.84. The van der Waals surface area contributed by atoms with E-state index in [1.807, 2.05) is 32.0 Å². The monoisotopic (exact) mass is 416 g/mol. The lowest BCUT2D eigenvalue weighted by atomic mass is 10.2. The number of nitrogens with zero attached hydrogens (tertiary/aromatic N) is 3. The Balaban J connectivity index is 1.61. The van der Waals surface area contributed by atoms with E-state index in [0.29, 0.717) is 23.0 Å². The summed E-state index contributed by atoms with van der Waals surface area (Å²) in [4.78, 5) is 16.8. The summed E-state index contributed by atoms with van der Waals surface area (Å²) in [6.45, 7) is 10.5. The summed E-state index contributed by atoms with van der Waals surface area (Å²) in [5.41, 5.74) is 3.29. The largest absolute Gasteiger partial charge is 0.462 e. The molecule has 29 heavy (non-hydrogen) atoms. The summed E-state index contributed by atoms with van der Waals surface area (Å²) >= 11 is 5.64. The van der Waals surface area contributed by atoms with Crippen molar-refractivity contribution in [3.8, 4) is 0 Å². The van der Waals surface area contributed by atoms with Crippen LogP contribution in [-0.2, 0) is 11.3 Å². The highest BCUT2D eigenvalue weighted by molar-refractivity contribution is 7.80. The molecule has 1 aromatic heterocycles. The van der Waals surface area contributed by atoms with Gasteiger partial charge in [-0.1, -0.05) is 17.3 Å². The molecule has 7 nitrogen and oxygen atoms in total. The third-order valence-corrected chi connectivity index (χ3v) is 5.46. The fourth-order valence-corrected chi connectivity index (χ4v) is 3.75. The van der Waals surface area contributed by atoms with Crippen LogP contribution in [0.2, 0.25) is 0 Å². The van der Waals surface area contributed by atoms with Gasteiger partial charge >= 0.3 is 5.97 Å². The van der Waals surface area contributed by atoms with Crippen LogP contribution in [-0.4, -0.2) is 58.8 Å². The Morgan fingerprint density at radius 2 is 2.03 bits per heavy atom. The van der Waals surface area contributed by atoms with Crippen LogP contribution in [0.15, 0.2) is 28.8 Å². The smallest absolute Gasteiger partial charge is 0.340 e. The molecule has 1 aliphatic rings. The van der Waals surface area contributed by atoms with E-state index in [-0.39, 0.29) is 5.97 Å². The molecule has 0 bridgehead atoms. The van der Waals surface area contributed by atoms with Gasteiger partial charge in [0.1, 0.15) is 5.76 Å². The van der Waals surface area contributed by atoms with E-state index in [1.165, 1.54) is 5.56 Å². The van der Waals surface area contributed by atoms with Crippen LogP contribution < -0.4 is 5.32 Å². The average molecular weight is 417 g/mol. The molecule has 1 saturated heterocycles. The van der Waals surface area contributed by atoms with Crippen LogP contribution in [0.25, 0.3) is 0 Å². The summed E-state index contributed by atoms with van der Waals surface area (Å²) in [6, 6.07) is 7.29. The number of carbonyl (C=O) groups excluding carboxylic acids is 1. The summed E-state index contributed by atoms with van der Waals surface area (Å²) in [6.07, 6.45) is 1.00. The number of nitrogens with one attached hydrogen (secondary N) is 1. The molecule has 0 amide bonds. The van der Waals surface area contributed by atoms with Crippen molar-refractivity contribution in [1.82, 2.24) is 15.0 Å². The summed E-state index contributed by atoms with van der Waals surface area (Å²) in [7, 11) is 0. The van der Waals surface area contributed by atoms with Crippen LogP contribution in [0.5, 0.6) is 0 Å². The van der Waals surface area contributed by atoms with E-state index in [2.05, 4.69) is 20.3 Å². The predicted octanol–water partition coefficient (Wildman–Crippen LogP) is 3.37. The minimum atomic E-state index is -0.347. The van der Waals surface area contributed by atoms with E-state index in [9.17, 15) is 4.79 Å². The van der Waals surface area contributed by atoms with E-state index in [1.54, 1.807) is 13.0 Å². The molecule has 0 aliphatic carbocycles. The molecule has 1 aromatic carbocycles. The third-order valence-electron chi connectivity index (χ3n) is 5.10. The van der Waals surface area contributed by atoms with Gasteiger partial charge in [0.25, 0.3) is 0 Å². The van der Waals surface area contributed by atoms with Crippen LogP contribution in [0, 0.1) is 13.8 Å². The zero-order chi connectivity index (χ0) is 20.8. The number of para-hydroxylation sites is 1. The van der Waals surface area contributed by atoms with Crippen molar-refractivity contribution in [1.29, 1.82) is 0 Å². The molecule has 156 valence electrons. The SMILES string of the molecule is CCOC(=O)c1ccccc1NC(=S)N1CCCN(Cc2c(C)noc2C)CC1. The molecule has 0 spiro atoms. The van der Waals surface area contributed by atoms with Crippen molar-refractivity contribution in [3.05, 3.63) is 46.8 Å². The maximum atomic E-state index is 12.2. The van der Waals surface area contributed by atoms with Gasteiger partial charge in [-0.15, -0.1) is 0 Å². The van der Waals surface area contributed by atoms with Crippen molar-refractivity contribution >= 4 is 29.0 Å². The Labute approximate surface area is 177 Å². The average Bonchev–Trinajstić information content (AvgIpc) is 2.90. The van der Waals surface area contributed by atoms with Gasteiger partial charge in [-0.2, -0.15) is 0 Å². The maximum Gasteiger partial charge on any atom is 0.340 e. The Bertz CT molecular complexity index is 848. The molecular formula is C21H28N4O3S. The first kappa shape index (κ1) is 21.3. The molecular weight excluding hydrogens is 388 g/mol. The number of aromatic nitrogens is 1. The van der Waals surface area contributed by atoms with Crippen molar-refractivity contribution < 1.29 is 14.1 Å². The van der Waals surface area contributed by atoms with Gasteiger partial charge in [0.15, 0.2) is 5.11 Å². The molecule has 1 aliphatic heterocycles. The van der Waals surface area contributed by atoms with Crippen LogP contribution in [0.4, 0.5) is 5.69 Å². The number of hydrogen-bond acceptors (Lipinski definition) is 6. The van der Waals surface area contributed by atoms with Crippen LogP contribution >= 0.6 is 12.2 Å². The van der Waals surface area contributed by atoms with Gasteiger partial charge in [-0.05, 0) is 51.5 Å². The normalized spacial score (nSPS) is 15.1. The molecule has 8 heteroatoms. The Hall–Kier alpha value is -2.45. The molecule has 2 aromatic rings. The highest BCUT2D eigenvalue weighted by atomic mass is 32.1. The molecule has 0 radical (unpaired) electrons. The predicted molar refractivity (Wildman–Crippen MR) is 116 cm³/mol. The van der Waals surface area contributed by atoms with E-state index in [4.69, 9.17) is 21.5 Å². The zero-order valence-corrected chi connectivity index (χ0v) is 18.1. The highest BCUT2D eigenvalue weighted by Crippen LogP contribution is 2.19. The number of benzene rings is 1. The lowest BCUT2D eigenvalue weighted by molar-refractivity contribution is 0.0527. The van der Waals surface area contributed by atoms with E-state index in [0.717, 1.165) is 50.6 Å². The number of aryl methyl sites for hydroxylation is 2. The number of esters is 1. The van der Waals surface area contributed by atoms with Crippen molar-refractivity contribution in [2.75, 3.05) is 38.1 Å². The molecule has 3 rings (SSSR count). The zero-order valence-electron chi connectivity index (χ0n) is 17.2. The molecule has 1 N–H and O–H groups in total. The molecule has 0 saturated carbocycles. The Morgan fingerprint density at radius 3 is 2.76 bits per heavy atom. The van der Waals surface area contributed by atoms with Gasteiger partial charge in [0, 0.05) is 38.3 Å². The maximum absolute atomic E-state index is 12.2. The fraction of sp³-hybridized carbons (Fsp3) is 0.476. The van der Waals surface area contributed by atoms with Gasteiger partial charge < -0.3 is 19.5 Å². The van der Waals surface area contributed by atoms with Gasteiger partial charge in [-0.25, -0.2) is 4.79 Å². The van der Waals surface area contributed by atoms with Crippen LogP contribution in [0.1, 0.15) is 40.7 Å². The van der Waals surface area contributed by atoms with Gasteiger partial charge in [0.2, 0.25) is 0 Å². The highest BCUT2D eigenvalue weighted by Gasteiger charge is 2.21. The second-order valence-corrected chi connectivity index (χ2v) is 7.50. The first-order chi connectivity index (χ1) is 14.0. The van der Waals surface area contributed by atoms with Crippen molar-refractivity contribution in [2.24, 2.45) is 0 Å². The van der Waals surface area contributed by atoms with Crippen molar-refractivity contribution in [2.45, 2.75) is 33.7 Å². The quantitative estimate of drug-likeness (QED) is 0.588. The summed E-state index contributed by atoms with van der Waals surface area (Å²) < 4.78 is 10.4. The van der Waals surface area contributed by atoms with E-state index < -0.39 is 0 Å². The molecule has 1 fully saturated rings. The minimum absolute atomic E-state index is 0.338. The summed E-state index contributed by atoms with van der Waals surface area (Å²) in [5, 5.41) is 7.91. The second-order valence-electron chi connectivity index (χ2n) is 7.12. The number of carbonyl (C=O) groups is 1. The number of hydrogen-bond donors (Lipinski definition) is 1. The van der Waals surface area contributed by atoms with E-state index >= 15 is 0 Å². The lowest BCUT2D eigenvalue weighted by Crippen LogP contribution is -2.38. The number of thiocarbonyl (C=S) groups is 1. The standard InChI is InChI=1S/C21H28N4O3S/c1-4-27-20(26)17-8-5-6-9-19(17)22-21(29)25-11-7-10-24(12-13-25)14-18-15(2)23-28-16(18)3/h5-6,8-9H,4,7,10-14H2,1-3H3,(H,22,29).